The quantitative estimate of drug-likeness (QED) is 0.778. The van der Waals surface area contributed by atoms with Gasteiger partial charge in [-0.2, -0.15) is 0 Å². The van der Waals surface area contributed by atoms with Gasteiger partial charge in [-0.1, -0.05) is 6.42 Å². The van der Waals surface area contributed by atoms with E-state index in [1.54, 1.807) is 0 Å². The highest BCUT2D eigenvalue weighted by molar-refractivity contribution is 5.83. The molecule has 0 aromatic carbocycles. The van der Waals surface area contributed by atoms with Gasteiger partial charge >= 0.3 is 0 Å². The predicted octanol–water partition coefficient (Wildman–Crippen LogP) is 0.526. The predicted molar refractivity (Wildman–Crippen MR) is 68.6 cm³/mol. The van der Waals surface area contributed by atoms with Gasteiger partial charge in [0.1, 0.15) is 0 Å². The van der Waals surface area contributed by atoms with Crippen LogP contribution in [-0.2, 0) is 4.79 Å². The monoisotopic (exact) mass is 239 g/mol. The minimum atomic E-state index is -0.209. The van der Waals surface area contributed by atoms with Crippen molar-refractivity contribution in [2.24, 2.45) is 17.1 Å². The second-order valence-corrected chi connectivity index (χ2v) is 5.94. The molecule has 0 radical (unpaired) electrons. The van der Waals surface area contributed by atoms with Gasteiger partial charge in [-0.15, -0.1) is 0 Å². The molecule has 0 bridgehead atoms. The van der Waals surface area contributed by atoms with Crippen molar-refractivity contribution in [3.05, 3.63) is 0 Å². The van der Waals surface area contributed by atoms with Crippen molar-refractivity contribution in [2.75, 3.05) is 40.3 Å². The molecule has 1 aliphatic carbocycles. The molecule has 1 amide bonds. The number of rotatable bonds is 4. The van der Waals surface area contributed by atoms with E-state index in [-0.39, 0.29) is 11.3 Å². The summed E-state index contributed by atoms with van der Waals surface area (Å²) in [5.74, 6) is 0.921. The second-order valence-electron chi connectivity index (χ2n) is 5.94. The van der Waals surface area contributed by atoms with Crippen LogP contribution < -0.4 is 5.73 Å². The first-order valence-electron chi connectivity index (χ1n) is 6.71. The Morgan fingerprint density at radius 2 is 2.24 bits per heavy atom. The molecule has 1 unspecified atom stereocenters. The summed E-state index contributed by atoms with van der Waals surface area (Å²) in [6.45, 7) is 3.69. The fourth-order valence-corrected chi connectivity index (χ4v) is 3.16. The Bertz CT molecular complexity index is 283. The minimum Gasteiger partial charge on any atom is -0.345 e. The molecule has 17 heavy (non-hydrogen) atoms. The molecule has 0 spiro atoms. The van der Waals surface area contributed by atoms with Crippen LogP contribution >= 0.6 is 0 Å². The number of hydrogen-bond donors (Lipinski definition) is 1. The lowest BCUT2D eigenvalue weighted by atomic mass is 9.68. The van der Waals surface area contributed by atoms with Gasteiger partial charge in [0.15, 0.2) is 0 Å². The maximum absolute atomic E-state index is 12.4. The average molecular weight is 239 g/mol. The normalized spacial score (nSPS) is 27.8. The number of carbonyl (C=O) groups is 1. The number of nitrogens with zero attached hydrogens (tertiary/aromatic N) is 2. The molecule has 1 heterocycles. The number of hydrogen-bond acceptors (Lipinski definition) is 3. The van der Waals surface area contributed by atoms with Crippen molar-refractivity contribution < 1.29 is 4.79 Å². The van der Waals surface area contributed by atoms with E-state index in [0.29, 0.717) is 12.5 Å². The van der Waals surface area contributed by atoms with E-state index in [4.69, 9.17) is 5.73 Å². The molecule has 2 fully saturated rings. The molecule has 98 valence electrons. The van der Waals surface area contributed by atoms with Crippen molar-refractivity contribution in [3.8, 4) is 0 Å². The fraction of sp³-hybridized carbons (Fsp3) is 0.923. The Morgan fingerprint density at radius 1 is 1.53 bits per heavy atom. The van der Waals surface area contributed by atoms with Gasteiger partial charge in [0, 0.05) is 26.7 Å². The van der Waals surface area contributed by atoms with E-state index in [2.05, 4.69) is 11.9 Å². The van der Waals surface area contributed by atoms with Crippen LogP contribution in [0.25, 0.3) is 0 Å². The maximum Gasteiger partial charge on any atom is 0.229 e. The van der Waals surface area contributed by atoms with Crippen molar-refractivity contribution in [1.82, 2.24) is 9.80 Å². The van der Waals surface area contributed by atoms with Gasteiger partial charge in [0.05, 0.1) is 5.41 Å². The van der Waals surface area contributed by atoms with Gasteiger partial charge in [-0.25, -0.2) is 0 Å². The van der Waals surface area contributed by atoms with Crippen LogP contribution in [0.15, 0.2) is 0 Å². The lowest BCUT2D eigenvalue weighted by Crippen LogP contribution is -2.51. The van der Waals surface area contributed by atoms with Crippen molar-refractivity contribution in [1.29, 1.82) is 0 Å². The van der Waals surface area contributed by atoms with E-state index >= 15 is 0 Å². The Labute approximate surface area is 104 Å². The zero-order valence-electron chi connectivity index (χ0n) is 11.1. The molecule has 1 saturated carbocycles. The van der Waals surface area contributed by atoms with Crippen molar-refractivity contribution in [3.63, 3.8) is 0 Å². The third-order valence-corrected chi connectivity index (χ3v) is 4.52. The summed E-state index contributed by atoms with van der Waals surface area (Å²) in [7, 11) is 4.09. The first-order chi connectivity index (χ1) is 8.07. The largest absolute Gasteiger partial charge is 0.345 e. The van der Waals surface area contributed by atoms with Gasteiger partial charge in [-0.3, -0.25) is 4.79 Å². The first kappa shape index (κ1) is 12.8. The van der Waals surface area contributed by atoms with Crippen LogP contribution in [0.1, 0.15) is 25.7 Å². The van der Waals surface area contributed by atoms with Crippen LogP contribution in [0.3, 0.4) is 0 Å². The van der Waals surface area contributed by atoms with Gasteiger partial charge < -0.3 is 15.5 Å². The summed E-state index contributed by atoms with van der Waals surface area (Å²) in [4.78, 5) is 16.6. The lowest BCUT2D eigenvalue weighted by Gasteiger charge is -2.42. The van der Waals surface area contributed by atoms with Gasteiger partial charge in [0.25, 0.3) is 0 Å². The third-order valence-electron chi connectivity index (χ3n) is 4.52. The first-order valence-corrected chi connectivity index (χ1v) is 6.71. The minimum absolute atomic E-state index is 0.209. The molecule has 1 atom stereocenters. The molecule has 2 N–H and O–H groups in total. The topological polar surface area (TPSA) is 49.6 Å². The molecule has 1 aliphatic heterocycles. The molecule has 4 heteroatoms. The summed E-state index contributed by atoms with van der Waals surface area (Å²) < 4.78 is 0. The SMILES string of the molecule is CN1CCC(CN(C)C(=O)C2(CN)CCC2)C1. The standard InChI is InChI=1S/C13H25N3O/c1-15-7-4-11(8-15)9-16(2)12(17)13(10-14)5-3-6-13/h11H,3-10,14H2,1-2H3. The van der Waals surface area contributed by atoms with E-state index in [1.165, 1.54) is 6.42 Å². The van der Waals surface area contributed by atoms with Crippen molar-refractivity contribution >= 4 is 5.91 Å². The average Bonchev–Trinajstić information content (AvgIpc) is 2.63. The Hall–Kier alpha value is -0.610. The summed E-state index contributed by atoms with van der Waals surface area (Å²) in [5, 5.41) is 0. The number of nitrogens with two attached hydrogens (primary N) is 1. The molecule has 0 aromatic heterocycles. The lowest BCUT2D eigenvalue weighted by molar-refractivity contribution is -0.145. The van der Waals surface area contributed by atoms with Crippen LogP contribution in [0.5, 0.6) is 0 Å². The van der Waals surface area contributed by atoms with Crippen LogP contribution in [0, 0.1) is 11.3 Å². The number of likely N-dealkylation sites (tertiary alicyclic amines) is 1. The molecular weight excluding hydrogens is 214 g/mol. The summed E-state index contributed by atoms with van der Waals surface area (Å²) in [6.07, 6.45) is 4.33. The molecule has 0 aromatic rings. The second kappa shape index (κ2) is 4.94. The zero-order chi connectivity index (χ0) is 12.5. The van der Waals surface area contributed by atoms with Crippen LogP contribution in [0.4, 0.5) is 0 Å². The number of carbonyl (C=O) groups excluding carboxylic acids is 1. The molecule has 2 aliphatic rings. The maximum atomic E-state index is 12.4. The Balaban J connectivity index is 1.87. The Morgan fingerprint density at radius 3 is 2.65 bits per heavy atom. The summed E-state index contributed by atoms with van der Waals surface area (Å²) in [5.41, 5.74) is 5.57. The van der Waals surface area contributed by atoms with E-state index in [9.17, 15) is 4.79 Å². The fourth-order valence-electron chi connectivity index (χ4n) is 3.16. The molecular formula is C13H25N3O. The highest BCUT2D eigenvalue weighted by Gasteiger charge is 2.44. The molecule has 2 rings (SSSR count). The van der Waals surface area contributed by atoms with Crippen LogP contribution in [0.2, 0.25) is 0 Å². The van der Waals surface area contributed by atoms with Gasteiger partial charge in [0.2, 0.25) is 5.91 Å². The van der Waals surface area contributed by atoms with Crippen LogP contribution in [-0.4, -0.2) is 56.0 Å². The number of amides is 1. The third kappa shape index (κ3) is 2.47. The highest BCUT2D eigenvalue weighted by Crippen LogP contribution is 2.41. The molecule has 4 nitrogen and oxygen atoms in total. The highest BCUT2D eigenvalue weighted by atomic mass is 16.2. The van der Waals surface area contributed by atoms with E-state index < -0.39 is 0 Å². The molecule has 1 saturated heterocycles. The smallest absolute Gasteiger partial charge is 0.229 e. The Kier molecular flexibility index (Phi) is 3.73. The summed E-state index contributed by atoms with van der Waals surface area (Å²) in [6, 6.07) is 0. The van der Waals surface area contributed by atoms with Gasteiger partial charge in [-0.05, 0) is 38.8 Å². The zero-order valence-corrected chi connectivity index (χ0v) is 11.1. The van der Waals surface area contributed by atoms with E-state index in [1.807, 2.05) is 11.9 Å². The van der Waals surface area contributed by atoms with E-state index in [0.717, 1.165) is 38.9 Å². The summed E-state index contributed by atoms with van der Waals surface area (Å²) >= 11 is 0. The van der Waals surface area contributed by atoms with Crippen molar-refractivity contribution in [2.45, 2.75) is 25.7 Å².